The molecular weight excluding hydrogens is 162 g/mol. The summed E-state index contributed by atoms with van der Waals surface area (Å²) in [7, 11) is 0. The number of imidazole rings is 1. The summed E-state index contributed by atoms with van der Waals surface area (Å²) < 4.78 is 2.25. The lowest BCUT2D eigenvalue weighted by Gasteiger charge is -2.36. The van der Waals surface area contributed by atoms with Gasteiger partial charge in [0.05, 0.1) is 0 Å². The minimum atomic E-state index is 0.317. The van der Waals surface area contributed by atoms with Crippen LogP contribution in [0, 0.1) is 5.41 Å². The molecule has 3 heteroatoms. The molecule has 1 aromatic heterocycles. The smallest absolute Gasteiger partial charge is 0.203 e. The molecule has 0 amide bonds. The second kappa shape index (κ2) is 2.76. The highest BCUT2D eigenvalue weighted by atomic mass is 15.2. The van der Waals surface area contributed by atoms with Gasteiger partial charge in [-0.3, -0.25) is 0 Å². The van der Waals surface area contributed by atoms with Crippen molar-refractivity contribution in [2.45, 2.75) is 33.2 Å². The summed E-state index contributed by atoms with van der Waals surface area (Å²) >= 11 is 0. The van der Waals surface area contributed by atoms with Gasteiger partial charge in [-0.2, -0.15) is 0 Å². The molecule has 0 aromatic carbocycles. The van der Waals surface area contributed by atoms with Crippen molar-refractivity contribution in [3.63, 3.8) is 0 Å². The molecule has 0 radical (unpaired) electrons. The standard InChI is InChI=1S/C10H17N3/c1-10(2,3)8-4-5-11-9-12-6-7-13(8)9/h6-8H,4-5H2,1-3H3,(H,11,12). The number of nitrogens with one attached hydrogen (secondary N) is 1. The summed E-state index contributed by atoms with van der Waals surface area (Å²) in [5.41, 5.74) is 0.317. The van der Waals surface area contributed by atoms with Crippen molar-refractivity contribution in [2.24, 2.45) is 5.41 Å². The van der Waals surface area contributed by atoms with Crippen molar-refractivity contribution in [1.82, 2.24) is 9.55 Å². The number of rotatable bonds is 0. The van der Waals surface area contributed by atoms with Gasteiger partial charge in [0.25, 0.3) is 0 Å². The highest BCUT2D eigenvalue weighted by Crippen LogP contribution is 2.36. The normalized spacial score (nSPS) is 22.2. The molecule has 1 N–H and O–H groups in total. The van der Waals surface area contributed by atoms with E-state index in [1.807, 2.05) is 6.20 Å². The monoisotopic (exact) mass is 179 g/mol. The molecule has 1 aliphatic rings. The molecule has 0 aliphatic carbocycles. The first kappa shape index (κ1) is 8.60. The number of fused-ring (bicyclic) bond motifs is 1. The third-order valence-electron chi connectivity index (χ3n) is 2.70. The minimum Gasteiger partial charge on any atom is -0.356 e. The average molecular weight is 179 g/mol. The first-order chi connectivity index (χ1) is 6.09. The summed E-state index contributed by atoms with van der Waals surface area (Å²) in [6.45, 7) is 7.89. The molecule has 1 aliphatic heterocycles. The molecule has 2 rings (SSSR count). The fourth-order valence-corrected chi connectivity index (χ4v) is 2.01. The molecular formula is C10H17N3. The van der Waals surface area contributed by atoms with E-state index in [-0.39, 0.29) is 0 Å². The van der Waals surface area contributed by atoms with Crippen molar-refractivity contribution in [1.29, 1.82) is 0 Å². The summed E-state index contributed by atoms with van der Waals surface area (Å²) in [6, 6.07) is 0.575. The van der Waals surface area contributed by atoms with Gasteiger partial charge in [0.2, 0.25) is 5.95 Å². The zero-order valence-corrected chi connectivity index (χ0v) is 8.54. The van der Waals surface area contributed by atoms with E-state index in [9.17, 15) is 0 Å². The zero-order valence-electron chi connectivity index (χ0n) is 8.54. The lowest BCUT2D eigenvalue weighted by atomic mass is 9.84. The first-order valence-corrected chi connectivity index (χ1v) is 4.86. The van der Waals surface area contributed by atoms with Crippen molar-refractivity contribution in [3.8, 4) is 0 Å². The van der Waals surface area contributed by atoms with E-state index >= 15 is 0 Å². The van der Waals surface area contributed by atoms with Crippen LogP contribution < -0.4 is 5.32 Å². The van der Waals surface area contributed by atoms with E-state index in [4.69, 9.17) is 0 Å². The fraction of sp³-hybridized carbons (Fsp3) is 0.700. The largest absolute Gasteiger partial charge is 0.356 e. The molecule has 3 nitrogen and oxygen atoms in total. The Labute approximate surface area is 79.2 Å². The number of anilines is 1. The van der Waals surface area contributed by atoms with Gasteiger partial charge in [0.15, 0.2) is 0 Å². The average Bonchev–Trinajstić information content (AvgIpc) is 2.48. The maximum absolute atomic E-state index is 4.27. The molecule has 0 fully saturated rings. The Morgan fingerprint density at radius 2 is 2.31 bits per heavy atom. The van der Waals surface area contributed by atoms with Gasteiger partial charge in [0.1, 0.15) is 0 Å². The Kier molecular flexibility index (Phi) is 1.82. The van der Waals surface area contributed by atoms with Crippen LogP contribution in [0.2, 0.25) is 0 Å². The van der Waals surface area contributed by atoms with Crippen molar-refractivity contribution >= 4 is 5.95 Å². The Bertz CT molecular complexity index is 295. The summed E-state index contributed by atoms with van der Waals surface area (Å²) in [5, 5.41) is 3.30. The van der Waals surface area contributed by atoms with E-state index in [1.54, 1.807) is 0 Å². The maximum atomic E-state index is 4.27. The highest BCUT2D eigenvalue weighted by molar-refractivity contribution is 5.29. The van der Waals surface area contributed by atoms with Gasteiger partial charge in [-0.25, -0.2) is 4.98 Å². The third kappa shape index (κ3) is 1.43. The van der Waals surface area contributed by atoms with Gasteiger partial charge >= 0.3 is 0 Å². The van der Waals surface area contributed by atoms with Crippen LogP contribution in [0.5, 0.6) is 0 Å². The fourth-order valence-electron chi connectivity index (χ4n) is 2.01. The van der Waals surface area contributed by atoms with Gasteiger partial charge in [0, 0.05) is 25.0 Å². The van der Waals surface area contributed by atoms with Crippen LogP contribution in [0.3, 0.4) is 0 Å². The van der Waals surface area contributed by atoms with Crippen molar-refractivity contribution < 1.29 is 0 Å². The van der Waals surface area contributed by atoms with Crippen LogP contribution in [-0.4, -0.2) is 16.1 Å². The molecule has 1 aromatic rings. The molecule has 2 heterocycles. The summed E-state index contributed by atoms with van der Waals surface area (Å²) in [5.74, 6) is 1.02. The molecule has 72 valence electrons. The van der Waals surface area contributed by atoms with E-state index in [0.29, 0.717) is 11.5 Å². The Morgan fingerprint density at radius 1 is 1.54 bits per heavy atom. The lowest BCUT2D eigenvalue weighted by Crippen LogP contribution is -2.31. The van der Waals surface area contributed by atoms with E-state index in [2.05, 4.69) is 41.8 Å². The zero-order chi connectivity index (χ0) is 9.47. The number of nitrogens with zero attached hydrogens (tertiary/aromatic N) is 2. The van der Waals surface area contributed by atoms with Crippen molar-refractivity contribution in [3.05, 3.63) is 12.4 Å². The maximum Gasteiger partial charge on any atom is 0.203 e. The number of hydrogen-bond donors (Lipinski definition) is 1. The summed E-state index contributed by atoms with van der Waals surface area (Å²) in [4.78, 5) is 4.27. The number of aromatic nitrogens is 2. The predicted molar refractivity (Wildman–Crippen MR) is 53.8 cm³/mol. The molecule has 13 heavy (non-hydrogen) atoms. The van der Waals surface area contributed by atoms with Gasteiger partial charge in [-0.05, 0) is 11.8 Å². The van der Waals surface area contributed by atoms with Crippen LogP contribution in [-0.2, 0) is 0 Å². The lowest BCUT2D eigenvalue weighted by molar-refractivity contribution is 0.227. The van der Waals surface area contributed by atoms with Crippen LogP contribution >= 0.6 is 0 Å². The van der Waals surface area contributed by atoms with Gasteiger partial charge < -0.3 is 9.88 Å². The molecule has 0 bridgehead atoms. The van der Waals surface area contributed by atoms with E-state index < -0.39 is 0 Å². The van der Waals surface area contributed by atoms with Gasteiger partial charge in [-0.1, -0.05) is 20.8 Å². The van der Waals surface area contributed by atoms with E-state index in [0.717, 1.165) is 12.5 Å². The Hall–Kier alpha value is -0.990. The van der Waals surface area contributed by atoms with Crippen LogP contribution in [0.1, 0.15) is 33.2 Å². The van der Waals surface area contributed by atoms with Crippen LogP contribution in [0.25, 0.3) is 0 Å². The molecule has 0 saturated heterocycles. The van der Waals surface area contributed by atoms with Crippen LogP contribution in [0.15, 0.2) is 12.4 Å². The molecule has 1 unspecified atom stereocenters. The molecule has 1 atom stereocenters. The van der Waals surface area contributed by atoms with Gasteiger partial charge in [-0.15, -0.1) is 0 Å². The Balaban J connectivity index is 2.35. The topological polar surface area (TPSA) is 29.9 Å². The van der Waals surface area contributed by atoms with Crippen molar-refractivity contribution in [2.75, 3.05) is 11.9 Å². The third-order valence-corrected chi connectivity index (χ3v) is 2.70. The Morgan fingerprint density at radius 3 is 3.00 bits per heavy atom. The second-order valence-corrected chi connectivity index (χ2v) is 4.76. The highest BCUT2D eigenvalue weighted by Gasteiger charge is 2.29. The first-order valence-electron chi connectivity index (χ1n) is 4.86. The quantitative estimate of drug-likeness (QED) is 0.662. The predicted octanol–water partition coefficient (Wildman–Crippen LogP) is 2.29. The van der Waals surface area contributed by atoms with E-state index in [1.165, 1.54) is 6.42 Å². The molecule has 0 saturated carbocycles. The molecule has 0 spiro atoms. The number of hydrogen-bond acceptors (Lipinski definition) is 2. The SMILES string of the molecule is CC(C)(C)C1CCNc2nccn21. The summed E-state index contributed by atoms with van der Waals surface area (Å²) in [6.07, 6.45) is 5.12. The minimum absolute atomic E-state index is 0.317. The second-order valence-electron chi connectivity index (χ2n) is 4.76. The van der Waals surface area contributed by atoms with Crippen LogP contribution in [0.4, 0.5) is 5.95 Å².